The minimum absolute atomic E-state index is 0.127. The number of amides is 1. The van der Waals surface area contributed by atoms with Crippen molar-refractivity contribution < 1.29 is 19.5 Å². The maximum absolute atomic E-state index is 11.9. The molecule has 0 saturated heterocycles. The van der Waals surface area contributed by atoms with Crippen LogP contribution in [0.4, 0.5) is 5.69 Å². The predicted molar refractivity (Wildman–Crippen MR) is 90.6 cm³/mol. The van der Waals surface area contributed by atoms with Crippen LogP contribution < -0.4 is 14.8 Å². The van der Waals surface area contributed by atoms with Crippen LogP contribution in [-0.4, -0.2) is 31.0 Å². The number of nitrogens with zero attached hydrogens (tertiary/aromatic N) is 1. The van der Waals surface area contributed by atoms with Crippen molar-refractivity contribution in [1.29, 1.82) is 0 Å². The van der Waals surface area contributed by atoms with Crippen molar-refractivity contribution in [2.45, 2.75) is 0 Å². The average Bonchev–Trinajstić information content (AvgIpc) is 2.55. The Morgan fingerprint density at radius 2 is 2.04 bits per heavy atom. The molecule has 0 aliphatic carbocycles. The van der Waals surface area contributed by atoms with Gasteiger partial charge in [0.2, 0.25) is 0 Å². The van der Waals surface area contributed by atoms with Crippen LogP contribution in [0.1, 0.15) is 5.56 Å². The zero-order valence-corrected chi connectivity index (χ0v) is 13.9. The standard InChI is InChI=1S/C16H15BrN2O4/c1-22-13-5-3-12(4-6-13)19-16(20)10-23-15-7-2-11(9-18-21)8-14(15)17/h2-9,21H,10H2,1H3,(H,19,20)/b18-9+. The van der Waals surface area contributed by atoms with Gasteiger partial charge in [0.1, 0.15) is 11.5 Å². The third kappa shape index (κ3) is 5.00. The summed E-state index contributed by atoms with van der Waals surface area (Å²) >= 11 is 3.34. The van der Waals surface area contributed by atoms with Crippen molar-refractivity contribution in [3.63, 3.8) is 0 Å². The van der Waals surface area contributed by atoms with E-state index >= 15 is 0 Å². The number of methoxy groups -OCH3 is 1. The van der Waals surface area contributed by atoms with Gasteiger partial charge in [-0.15, -0.1) is 0 Å². The number of halogens is 1. The van der Waals surface area contributed by atoms with E-state index in [0.29, 0.717) is 21.5 Å². The molecule has 0 unspecified atom stereocenters. The molecule has 2 N–H and O–H groups in total. The van der Waals surface area contributed by atoms with Crippen LogP contribution in [0.2, 0.25) is 0 Å². The zero-order chi connectivity index (χ0) is 16.7. The molecule has 0 fully saturated rings. The predicted octanol–water partition coefficient (Wildman–Crippen LogP) is 3.28. The Hall–Kier alpha value is -2.54. The Labute approximate surface area is 141 Å². The van der Waals surface area contributed by atoms with Crippen LogP contribution in [0.3, 0.4) is 0 Å². The van der Waals surface area contributed by atoms with E-state index < -0.39 is 0 Å². The highest BCUT2D eigenvalue weighted by atomic mass is 79.9. The Morgan fingerprint density at radius 1 is 1.30 bits per heavy atom. The largest absolute Gasteiger partial charge is 0.497 e. The fourth-order valence-corrected chi connectivity index (χ4v) is 2.31. The maximum Gasteiger partial charge on any atom is 0.262 e. The summed E-state index contributed by atoms with van der Waals surface area (Å²) in [5, 5.41) is 14.2. The first-order chi connectivity index (χ1) is 11.1. The van der Waals surface area contributed by atoms with Gasteiger partial charge in [-0.2, -0.15) is 0 Å². The number of hydrogen-bond acceptors (Lipinski definition) is 5. The Bertz CT molecular complexity index is 702. The topological polar surface area (TPSA) is 80.2 Å². The summed E-state index contributed by atoms with van der Waals surface area (Å²) in [5.74, 6) is 0.961. The van der Waals surface area contributed by atoms with Crippen molar-refractivity contribution in [3.05, 3.63) is 52.5 Å². The molecule has 0 saturated carbocycles. The lowest BCUT2D eigenvalue weighted by Crippen LogP contribution is -2.20. The molecule has 1 amide bonds. The summed E-state index contributed by atoms with van der Waals surface area (Å²) < 4.78 is 11.2. The highest BCUT2D eigenvalue weighted by molar-refractivity contribution is 9.10. The first-order valence-corrected chi connectivity index (χ1v) is 7.45. The van der Waals surface area contributed by atoms with Crippen LogP contribution in [-0.2, 0) is 4.79 Å². The number of carbonyl (C=O) groups is 1. The lowest BCUT2D eigenvalue weighted by molar-refractivity contribution is -0.118. The summed E-state index contributed by atoms with van der Waals surface area (Å²) in [7, 11) is 1.58. The number of nitrogens with one attached hydrogen (secondary N) is 1. The van der Waals surface area contributed by atoms with Gasteiger partial charge in [-0.3, -0.25) is 4.79 Å². The van der Waals surface area contributed by atoms with Crippen molar-refractivity contribution in [1.82, 2.24) is 0 Å². The molecule has 0 bridgehead atoms. The minimum atomic E-state index is -0.275. The minimum Gasteiger partial charge on any atom is -0.497 e. The molecule has 2 rings (SSSR count). The van der Waals surface area contributed by atoms with Gasteiger partial charge >= 0.3 is 0 Å². The molecular weight excluding hydrogens is 364 g/mol. The number of rotatable bonds is 6. The second kappa shape index (κ2) is 8.19. The van der Waals surface area contributed by atoms with Crippen LogP contribution in [0.5, 0.6) is 11.5 Å². The normalized spacial score (nSPS) is 10.5. The van der Waals surface area contributed by atoms with Gasteiger partial charge < -0.3 is 20.0 Å². The highest BCUT2D eigenvalue weighted by Crippen LogP contribution is 2.25. The smallest absolute Gasteiger partial charge is 0.262 e. The van der Waals surface area contributed by atoms with Gasteiger partial charge in [0, 0.05) is 5.69 Å². The van der Waals surface area contributed by atoms with E-state index in [4.69, 9.17) is 14.7 Å². The molecule has 120 valence electrons. The van der Waals surface area contributed by atoms with Crippen LogP contribution in [0.15, 0.2) is 52.1 Å². The van der Waals surface area contributed by atoms with Crippen LogP contribution >= 0.6 is 15.9 Å². The van der Waals surface area contributed by atoms with Gasteiger partial charge in [-0.25, -0.2) is 0 Å². The number of carbonyl (C=O) groups excluding carboxylic acids is 1. The third-order valence-electron chi connectivity index (χ3n) is 2.90. The van der Waals surface area contributed by atoms with Gasteiger partial charge in [-0.1, -0.05) is 5.16 Å². The number of oxime groups is 1. The lowest BCUT2D eigenvalue weighted by atomic mass is 10.2. The first kappa shape index (κ1) is 16.8. The number of benzene rings is 2. The second-order valence-electron chi connectivity index (χ2n) is 4.50. The van der Waals surface area contributed by atoms with Crippen LogP contribution in [0, 0.1) is 0 Å². The number of anilines is 1. The molecule has 0 aliphatic rings. The van der Waals surface area contributed by atoms with E-state index in [-0.39, 0.29) is 12.5 Å². The SMILES string of the molecule is COc1ccc(NC(=O)COc2ccc(/C=N/O)cc2Br)cc1. The number of ether oxygens (including phenoxy) is 2. The van der Waals surface area contributed by atoms with E-state index in [0.717, 1.165) is 5.75 Å². The molecule has 7 heteroatoms. The molecule has 0 heterocycles. The monoisotopic (exact) mass is 378 g/mol. The Balaban J connectivity index is 1.90. The second-order valence-corrected chi connectivity index (χ2v) is 5.35. The van der Waals surface area contributed by atoms with Crippen LogP contribution in [0.25, 0.3) is 0 Å². The van der Waals surface area contributed by atoms with E-state index in [2.05, 4.69) is 26.4 Å². The Kier molecular flexibility index (Phi) is 5.99. The molecule has 23 heavy (non-hydrogen) atoms. The quantitative estimate of drug-likeness (QED) is 0.459. The summed E-state index contributed by atoms with van der Waals surface area (Å²) in [6, 6.07) is 12.1. The molecule has 0 radical (unpaired) electrons. The zero-order valence-electron chi connectivity index (χ0n) is 12.3. The summed E-state index contributed by atoms with van der Waals surface area (Å²) in [5.41, 5.74) is 1.36. The fraction of sp³-hybridized carbons (Fsp3) is 0.125. The van der Waals surface area contributed by atoms with Crippen molar-refractivity contribution in [2.75, 3.05) is 19.0 Å². The molecule has 0 aliphatic heterocycles. The Morgan fingerprint density at radius 3 is 2.65 bits per heavy atom. The summed E-state index contributed by atoms with van der Waals surface area (Å²) in [6.45, 7) is -0.127. The first-order valence-electron chi connectivity index (χ1n) is 6.66. The van der Waals surface area contributed by atoms with Gasteiger partial charge in [0.25, 0.3) is 5.91 Å². The summed E-state index contributed by atoms with van der Waals surface area (Å²) in [4.78, 5) is 11.9. The molecule has 0 atom stereocenters. The van der Waals surface area contributed by atoms with Crippen molar-refractivity contribution >= 4 is 33.7 Å². The number of hydrogen-bond donors (Lipinski definition) is 2. The van der Waals surface area contributed by atoms with E-state index in [1.54, 1.807) is 49.6 Å². The van der Waals surface area contributed by atoms with E-state index in [1.807, 2.05) is 0 Å². The fourth-order valence-electron chi connectivity index (χ4n) is 1.80. The van der Waals surface area contributed by atoms with Gasteiger partial charge in [-0.05, 0) is 64.0 Å². The van der Waals surface area contributed by atoms with Crippen molar-refractivity contribution in [3.8, 4) is 11.5 Å². The molecule has 2 aromatic rings. The lowest BCUT2D eigenvalue weighted by Gasteiger charge is -2.09. The van der Waals surface area contributed by atoms with Crippen molar-refractivity contribution in [2.24, 2.45) is 5.16 Å². The van der Waals surface area contributed by atoms with E-state index in [9.17, 15) is 4.79 Å². The average molecular weight is 379 g/mol. The molecule has 0 spiro atoms. The molecule has 0 aromatic heterocycles. The molecule has 2 aromatic carbocycles. The highest BCUT2D eigenvalue weighted by Gasteiger charge is 2.07. The third-order valence-corrected chi connectivity index (χ3v) is 3.51. The summed E-state index contributed by atoms with van der Waals surface area (Å²) in [6.07, 6.45) is 1.30. The maximum atomic E-state index is 11.9. The van der Waals surface area contributed by atoms with E-state index in [1.165, 1.54) is 6.21 Å². The molecule has 6 nitrogen and oxygen atoms in total. The molecular formula is C16H15BrN2O4. The van der Waals surface area contributed by atoms with Gasteiger partial charge in [0.05, 0.1) is 17.8 Å². The van der Waals surface area contributed by atoms with Gasteiger partial charge in [0.15, 0.2) is 6.61 Å².